The van der Waals surface area contributed by atoms with E-state index < -0.39 is 0 Å². The zero-order chi connectivity index (χ0) is 9.56. The standard InChI is InChI=1S/C8H14O.C3H8/c1-6-3-4-8(9)7(2)5-6;1-3-2/h7-9H,1,3-5H2,2H3;3H2,1-2H3/t7-,8?;/m1./s1. The third-order valence-corrected chi connectivity index (χ3v) is 2.06. The van der Waals surface area contributed by atoms with Gasteiger partial charge >= 0.3 is 0 Å². The summed E-state index contributed by atoms with van der Waals surface area (Å²) in [6.07, 6.45) is 4.13. The lowest BCUT2D eigenvalue weighted by Crippen LogP contribution is -2.22. The molecule has 72 valence electrons. The van der Waals surface area contributed by atoms with Crippen LogP contribution in [0.25, 0.3) is 0 Å². The summed E-state index contributed by atoms with van der Waals surface area (Å²) in [7, 11) is 0. The quantitative estimate of drug-likeness (QED) is 0.554. The maximum absolute atomic E-state index is 9.25. The van der Waals surface area contributed by atoms with E-state index >= 15 is 0 Å². The van der Waals surface area contributed by atoms with Gasteiger partial charge in [0.15, 0.2) is 0 Å². The summed E-state index contributed by atoms with van der Waals surface area (Å²) in [6.45, 7) is 10.2. The Morgan fingerprint density at radius 2 is 2.00 bits per heavy atom. The number of rotatable bonds is 0. The lowest BCUT2D eigenvalue weighted by atomic mass is 9.85. The van der Waals surface area contributed by atoms with E-state index in [2.05, 4.69) is 27.4 Å². The van der Waals surface area contributed by atoms with Crippen molar-refractivity contribution in [2.24, 2.45) is 5.92 Å². The van der Waals surface area contributed by atoms with E-state index in [4.69, 9.17) is 0 Å². The van der Waals surface area contributed by atoms with Gasteiger partial charge in [0.1, 0.15) is 0 Å². The lowest BCUT2D eigenvalue weighted by Gasteiger charge is -2.25. The Morgan fingerprint density at radius 1 is 1.50 bits per heavy atom. The Bertz CT molecular complexity index is 129. The monoisotopic (exact) mass is 170 g/mol. The molecule has 0 amide bonds. The van der Waals surface area contributed by atoms with Crippen LogP contribution in [0.1, 0.15) is 46.5 Å². The first-order chi connectivity index (χ1) is 5.61. The van der Waals surface area contributed by atoms with Crippen LogP contribution >= 0.6 is 0 Å². The largest absolute Gasteiger partial charge is 0.393 e. The number of aliphatic hydroxyl groups excluding tert-OH is 1. The summed E-state index contributed by atoms with van der Waals surface area (Å²) in [6, 6.07) is 0. The molecular weight excluding hydrogens is 148 g/mol. The molecular formula is C11H22O. The highest BCUT2D eigenvalue weighted by Gasteiger charge is 2.19. The predicted molar refractivity (Wildman–Crippen MR) is 54.1 cm³/mol. The fourth-order valence-electron chi connectivity index (χ4n) is 1.33. The third-order valence-electron chi connectivity index (χ3n) is 2.06. The summed E-state index contributed by atoms with van der Waals surface area (Å²) in [5.74, 6) is 0.436. The van der Waals surface area contributed by atoms with Crippen molar-refractivity contribution in [2.45, 2.75) is 52.6 Å². The summed E-state index contributed by atoms with van der Waals surface area (Å²) >= 11 is 0. The van der Waals surface area contributed by atoms with Gasteiger partial charge in [-0.3, -0.25) is 0 Å². The Labute approximate surface area is 76.5 Å². The summed E-state index contributed by atoms with van der Waals surface area (Å²) in [4.78, 5) is 0. The van der Waals surface area contributed by atoms with E-state index in [1.807, 2.05) is 0 Å². The molecule has 1 saturated carbocycles. The van der Waals surface area contributed by atoms with E-state index in [0.29, 0.717) is 5.92 Å². The molecule has 0 heterocycles. The maximum atomic E-state index is 9.25. The molecule has 1 fully saturated rings. The Morgan fingerprint density at radius 3 is 2.33 bits per heavy atom. The van der Waals surface area contributed by atoms with Crippen molar-refractivity contribution in [1.29, 1.82) is 0 Å². The Kier molecular flexibility index (Phi) is 6.09. The van der Waals surface area contributed by atoms with Gasteiger partial charge in [-0.15, -0.1) is 0 Å². The fourth-order valence-corrected chi connectivity index (χ4v) is 1.33. The smallest absolute Gasteiger partial charge is 0.0571 e. The number of hydrogen-bond acceptors (Lipinski definition) is 1. The molecule has 1 nitrogen and oxygen atoms in total. The Hall–Kier alpha value is -0.300. The number of hydrogen-bond donors (Lipinski definition) is 1. The van der Waals surface area contributed by atoms with Crippen molar-refractivity contribution in [1.82, 2.24) is 0 Å². The van der Waals surface area contributed by atoms with Crippen LogP contribution < -0.4 is 0 Å². The van der Waals surface area contributed by atoms with Crippen molar-refractivity contribution in [3.8, 4) is 0 Å². The highest BCUT2D eigenvalue weighted by Crippen LogP contribution is 2.26. The molecule has 1 unspecified atom stereocenters. The van der Waals surface area contributed by atoms with Crippen molar-refractivity contribution in [3.63, 3.8) is 0 Å². The van der Waals surface area contributed by atoms with Crippen LogP contribution in [0.15, 0.2) is 12.2 Å². The molecule has 1 N–H and O–H groups in total. The molecule has 0 aromatic heterocycles. The van der Waals surface area contributed by atoms with Crippen LogP contribution in [0.2, 0.25) is 0 Å². The molecule has 1 rings (SSSR count). The molecule has 0 aromatic rings. The molecule has 0 radical (unpaired) electrons. The SMILES string of the molecule is C=C1CCC(O)[C@H](C)C1.CCC. The lowest BCUT2D eigenvalue weighted by molar-refractivity contribution is 0.0944. The molecule has 0 aromatic carbocycles. The van der Waals surface area contributed by atoms with Crippen molar-refractivity contribution in [2.75, 3.05) is 0 Å². The average molecular weight is 170 g/mol. The van der Waals surface area contributed by atoms with Crippen molar-refractivity contribution in [3.05, 3.63) is 12.2 Å². The number of aliphatic hydroxyl groups is 1. The van der Waals surface area contributed by atoms with E-state index in [0.717, 1.165) is 19.3 Å². The van der Waals surface area contributed by atoms with Gasteiger partial charge in [-0.05, 0) is 25.2 Å². The summed E-state index contributed by atoms with van der Waals surface area (Å²) in [5, 5.41) is 9.25. The zero-order valence-electron chi connectivity index (χ0n) is 8.64. The van der Waals surface area contributed by atoms with Crippen LogP contribution in [-0.2, 0) is 0 Å². The minimum atomic E-state index is -0.0736. The topological polar surface area (TPSA) is 20.2 Å². The Balaban J connectivity index is 0.000000354. The predicted octanol–water partition coefficient (Wildman–Crippen LogP) is 3.14. The number of allylic oxidation sites excluding steroid dienone is 1. The highest BCUT2D eigenvalue weighted by atomic mass is 16.3. The van der Waals surface area contributed by atoms with Gasteiger partial charge in [0.05, 0.1) is 6.10 Å². The summed E-state index contributed by atoms with van der Waals surface area (Å²) < 4.78 is 0. The minimum Gasteiger partial charge on any atom is -0.393 e. The first kappa shape index (κ1) is 11.7. The molecule has 0 bridgehead atoms. The molecule has 2 atom stereocenters. The van der Waals surface area contributed by atoms with Gasteiger partial charge in [0.25, 0.3) is 0 Å². The van der Waals surface area contributed by atoms with Crippen LogP contribution in [-0.4, -0.2) is 11.2 Å². The second kappa shape index (κ2) is 6.24. The van der Waals surface area contributed by atoms with E-state index in [9.17, 15) is 5.11 Å². The molecule has 0 spiro atoms. The zero-order valence-corrected chi connectivity index (χ0v) is 8.64. The summed E-state index contributed by atoms with van der Waals surface area (Å²) in [5.41, 5.74) is 1.30. The fraction of sp³-hybridized carbons (Fsp3) is 0.818. The minimum absolute atomic E-state index is 0.0736. The maximum Gasteiger partial charge on any atom is 0.0571 e. The molecule has 1 heteroatoms. The molecule has 1 aliphatic carbocycles. The first-order valence-electron chi connectivity index (χ1n) is 4.96. The normalized spacial score (nSPS) is 29.2. The third kappa shape index (κ3) is 4.55. The van der Waals surface area contributed by atoms with Crippen LogP contribution in [0.4, 0.5) is 0 Å². The van der Waals surface area contributed by atoms with Gasteiger partial charge in [-0.1, -0.05) is 39.3 Å². The van der Waals surface area contributed by atoms with Crippen LogP contribution in [0.5, 0.6) is 0 Å². The highest BCUT2D eigenvalue weighted by molar-refractivity contribution is 5.00. The van der Waals surface area contributed by atoms with Gasteiger partial charge < -0.3 is 5.11 Å². The molecule has 1 aliphatic rings. The van der Waals surface area contributed by atoms with Gasteiger partial charge in [-0.2, -0.15) is 0 Å². The molecule has 0 saturated heterocycles. The second-order valence-electron chi connectivity index (χ2n) is 3.74. The first-order valence-corrected chi connectivity index (χ1v) is 4.96. The van der Waals surface area contributed by atoms with Crippen molar-refractivity contribution < 1.29 is 5.11 Å². The van der Waals surface area contributed by atoms with Crippen molar-refractivity contribution >= 4 is 0 Å². The molecule has 12 heavy (non-hydrogen) atoms. The average Bonchev–Trinajstić information content (AvgIpc) is 1.99. The van der Waals surface area contributed by atoms with Crippen LogP contribution in [0.3, 0.4) is 0 Å². The van der Waals surface area contributed by atoms with E-state index in [1.54, 1.807) is 0 Å². The van der Waals surface area contributed by atoms with Gasteiger partial charge in [0, 0.05) is 0 Å². The second-order valence-corrected chi connectivity index (χ2v) is 3.74. The van der Waals surface area contributed by atoms with E-state index in [-0.39, 0.29) is 6.10 Å². The van der Waals surface area contributed by atoms with Gasteiger partial charge in [-0.25, -0.2) is 0 Å². The van der Waals surface area contributed by atoms with E-state index in [1.165, 1.54) is 12.0 Å². The van der Waals surface area contributed by atoms with Gasteiger partial charge in [0.2, 0.25) is 0 Å². The molecule has 0 aliphatic heterocycles. The van der Waals surface area contributed by atoms with Crippen LogP contribution in [0, 0.1) is 5.92 Å².